The van der Waals surface area contributed by atoms with Gasteiger partial charge in [-0.05, 0) is 48.1 Å². The molecule has 1 fully saturated rings. The maximum absolute atomic E-state index is 12.6. The van der Waals surface area contributed by atoms with Crippen molar-refractivity contribution < 1.29 is 61.9 Å². The molecule has 18 heteroatoms. The summed E-state index contributed by atoms with van der Waals surface area (Å²) in [5.41, 5.74) is 9.64. The maximum Gasteiger partial charge on any atom is 0.416 e. The number of nitrogens with two attached hydrogens (primary N) is 1. The number of ether oxygens (including phenoxy) is 8. The summed E-state index contributed by atoms with van der Waals surface area (Å²) in [5, 5.41) is 15.3. The van der Waals surface area contributed by atoms with Gasteiger partial charge in [0.1, 0.15) is 25.1 Å². The topological polar surface area (TPSA) is 241 Å². The first-order chi connectivity index (χ1) is 27.5. The second-order valence-electron chi connectivity index (χ2n) is 13.8. The number of H-pyrrole nitrogens is 1. The van der Waals surface area contributed by atoms with E-state index in [2.05, 4.69) is 10.2 Å². The van der Waals surface area contributed by atoms with Crippen LogP contribution in [0.15, 0.2) is 48.5 Å². The largest absolute Gasteiger partial charge is 0.494 e. The number of benzene rings is 2. The van der Waals surface area contributed by atoms with Gasteiger partial charge in [-0.2, -0.15) is 0 Å². The van der Waals surface area contributed by atoms with E-state index in [9.17, 15) is 24.0 Å². The van der Waals surface area contributed by atoms with Gasteiger partial charge in [0.2, 0.25) is 18.3 Å². The van der Waals surface area contributed by atoms with Gasteiger partial charge in [-0.25, -0.2) is 9.69 Å². The normalized spacial score (nSPS) is 18.7. The molecule has 0 bridgehead atoms. The van der Waals surface area contributed by atoms with Gasteiger partial charge < -0.3 is 43.6 Å². The fourth-order valence-corrected chi connectivity index (χ4v) is 6.17. The van der Waals surface area contributed by atoms with Crippen molar-refractivity contribution in [3.8, 4) is 11.6 Å². The number of nitrogens with zero attached hydrogens (tertiary/aromatic N) is 2. The van der Waals surface area contributed by atoms with Crippen molar-refractivity contribution in [3.63, 3.8) is 0 Å². The van der Waals surface area contributed by atoms with E-state index < -0.39 is 73.2 Å². The van der Waals surface area contributed by atoms with Crippen LogP contribution < -0.4 is 15.2 Å². The molecule has 1 aliphatic heterocycles. The van der Waals surface area contributed by atoms with Crippen LogP contribution in [0.5, 0.6) is 11.6 Å². The first-order valence-corrected chi connectivity index (χ1v) is 18.6. The second kappa shape index (κ2) is 20.8. The highest BCUT2D eigenvalue weighted by Crippen LogP contribution is 2.35. The standard InChI is InChI=1S/C40H51N5O13/c1-22(2)33-31(19-29-14-15-30(18-23(29)3)51-17-11-16-45(39(41)42)40(50)53-20-28-12-9-8-10-13-28)37(44-43-33)58-38-36(56-27(7)49)35(55-26(6)48)34(54-25(5)47)32(57-38)21-52-24(4)46/h8-10,12-15,18,22,32,34-36,38H,11,16-17,19-21H2,1-7H3,(H3,41,42)(H,43,44)/t32-,34-,35+,36-,38+/m1/s1. The van der Waals surface area contributed by atoms with Gasteiger partial charge in [0.25, 0.3) is 0 Å². The zero-order valence-corrected chi connectivity index (χ0v) is 33.6. The lowest BCUT2D eigenvalue weighted by Crippen LogP contribution is -2.63. The Morgan fingerprint density at radius 2 is 1.55 bits per heavy atom. The molecular weight excluding hydrogens is 758 g/mol. The third-order valence-electron chi connectivity index (χ3n) is 8.81. The summed E-state index contributed by atoms with van der Waals surface area (Å²) in [5.74, 6) is -2.73. The highest BCUT2D eigenvalue weighted by atomic mass is 16.7. The van der Waals surface area contributed by atoms with Gasteiger partial charge in [-0.15, -0.1) is 5.10 Å². The van der Waals surface area contributed by atoms with Crippen LogP contribution in [0.4, 0.5) is 4.79 Å². The number of amides is 1. The lowest BCUT2D eigenvalue weighted by molar-refractivity contribution is -0.289. The molecule has 58 heavy (non-hydrogen) atoms. The molecule has 0 aliphatic carbocycles. The molecule has 1 saturated heterocycles. The van der Waals surface area contributed by atoms with Crippen molar-refractivity contribution in [3.05, 3.63) is 76.5 Å². The summed E-state index contributed by atoms with van der Waals surface area (Å²) in [6, 6.07) is 14.7. The monoisotopic (exact) mass is 809 g/mol. The van der Waals surface area contributed by atoms with Crippen molar-refractivity contribution in [2.75, 3.05) is 19.8 Å². The summed E-state index contributed by atoms with van der Waals surface area (Å²) >= 11 is 0. The van der Waals surface area contributed by atoms with Gasteiger partial charge in [-0.1, -0.05) is 50.2 Å². The zero-order valence-electron chi connectivity index (χ0n) is 33.6. The Hall–Kier alpha value is -6.17. The molecule has 1 aliphatic rings. The predicted molar refractivity (Wildman–Crippen MR) is 205 cm³/mol. The van der Waals surface area contributed by atoms with Crippen molar-refractivity contribution >= 4 is 35.9 Å². The van der Waals surface area contributed by atoms with Gasteiger partial charge >= 0.3 is 30.0 Å². The molecule has 0 unspecified atom stereocenters. The molecule has 2 heterocycles. The average molecular weight is 810 g/mol. The highest BCUT2D eigenvalue weighted by Gasteiger charge is 2.53. The Balaban J connectivity index is 1.50. The summed E-state index contributed by atoms with van der Waals surface area (Å²) in [6.07, 6.45) is -6.89. The zero-order chi connectivity index (χ0) is 42.5. The number of nitrogens with one attached hydrogen (secondary N) is 2. The number of guanidine groups is 1. The van der Waals surface area contributed by atoms with Gasteiger partial charge in [0.15, 0.2) is 18.2 Å². The lowest BCUT2D eigenvalue weighted by atomic mass is 9.96. The van der Waals surface area contributed by atoms with E-state index in [0.29, 0.717) is 24.2 Å². The summed E-state index contributed by atoms with van der Waals surface area (Å²) in [4.78, 5) is 62.2. The van der Waals surface area contributed by atoms with E-state index in [1.165, 1.54) is 6.92 Å². The van der Waals surface area contributed by atoms with Crippen LogP contribution in [0, 0.1) is 12.3 Å². The van der Waals surface area contributed by atoms with E-state index in [0.717, 1.165) is 48.1 Å². The first kappa shape index (κ1) is 44.5. The quantitative estimate of drug-likeness (QED) is 0.0569. The highest BCUT2D eigenvalue weighted by molar-refractivity contribution is 5.91. The number of hydrogen-bond donors (Lipinski definition) is 3. The molecule has 18 nitrogen and oxygen atoms in total. The van der Waals surface area contributed by atoms with Crippen LogP contribution >= 0.6 is 0 Å². The number of carbonyl (C=O) groups is 5. The van der Waals surface area contributed by atoms with Crippen LogP contribution in [-0.2, 0) is 60.6 Å². The van der Waals surface area contributed by atoms with Crippen LogP contribution in [-0.4, -0.2) is 101 Å². The number of aromatic amines is 1. The van der Waals surface area contributed by atoms with Gasteiger partial charge in [0.05, 0.1) is 6.61 Å². The van der Waals surface area contributed by atoms with Crippen LogP contribution in [0.3, 0.4) is 0 Å². The minimum atomic E-state index is -1.47. The van der Waals surface area contributed by atoms with Crippen molar-refractivity contribution in [2.24, 2.45) is 5.73 Å². The first-order valence-electron chi connectivity index (χ1n) is 18.6. The number of aryl methyl sites for hydroxylation is 1. The molecule has 4 rings (SSSR count). The third kappa shape index (κ3) is 12.7. The Bertz CT molecular complexity index is 1920. The molecule has 0 spiro atoms. The second-order valence-corrected chi connectivity index (χ2v) is 13.8. The maximum atomic E-state index is 12.6. The molecule has 1 amide bonds. The predicted octanol–water partition coefficient (Wildman–Crippen LogP) is 4.20. The summed E-state index contributed by atoms with van der Waals surface area (Å²) < 4.78 is 45.5. The van der Waals surface area contributed by atoms with Crippen LogP contribution in [0.1, 0.15) is 81.8 Å². The van der Waals surface area contributed by atoms with E-state index >= 15 is 0 Å². The third-order valence-corrected chi connectivity index (χ3v) is 8.81. The van der Waals surface area contributed by atoms with E-state index in [1.54, 1.807) is 6.07 Å². The smallest absolute Gasteiger partial charge is 0.416 e. The average Bonchev–Trinajstić information content (AvgIpc) is 3.54. The lowest BCUT2D eigenvalue weighted by Gasteiger charge is -2.43. The number of rotatable bonds is 17. The fourth-order valence-electron chi connectivity index (χ4n) is 6.17. The molecule has 314 valence electrons. The molecule has 3 aromatic rings. The molecule has 4 N–H and O–H groups in total. The van der Waals surface area contributed by atoms with Crippen LogP contribution in [0.2, 0.25) is 0 Å². The van der Waals surface area contributed by atoms with E-state index in [4.69, 9.17) is 49.0 Å². The van der Waals surface area contributed by atoms with Gasteiger partial charge in [0, 0.05) is 51.9 Å². The van der Waals surface area contributed by atoms with E-state index in [1.807, 2.05) is 63.2 Å². The molecule has 0 radical (unpaired) electrons. The molecule has 1 aromatic heterocycles. The fraction of sp³-hybridized carbons (Fsp3) is 0.475. The number of hydrogen-bond acceptors (Lipinski definition) is 15. The minimum absolute atomic E-state index is 0.0386. The molecule has 2 aromatic carbocycles. The van der Waals surface area contributed by atoms with E-state index in [-0.39, 0.29) is 31.6 Å². The molecule has 0 saturated carbocycles. The Labute approximate surface area is 336 Å². The number of carbonyl (C=O) groups excluding carboxylic acids is 5. The molecular formula is C40H51N5O13. The van der Waals surface area contributed by atoms with Crippen LogP contribution in [0.25, 0.3) is 0 Å². The molecule has 5 atom stereocenters. The van der Waals surface area contributed by atoms with Crippen molar-refractivity contribution in [1.82, 2.24) is 15.1 Å². The Morgan fingerprint density at radius 3 is 2.16 bits per heavy atom. The van der Waals surface area contributed by atoms with Crippen molar-refractivity contribution in [1.29, 1.82) is 5.41 Å². The number of esters is 4. The Kier molecular flexibility index (Phi) is 16.0. The SMILES string of the molecule is CC(=O)OC[C@H]1O[C@@H](Oc2n[nH]c(C(C)C)c2Cc2ccc(OCCCN(C(=N)N)C(=O)OCc3ccccc3)cc2C)[C@H](OC(C)=O)[C@@H](OC(C)=O)[C@@H]1OC(C)=O. The Morgan fingerprint density at radius 1 is 0.897 bits per heavy atom. The number of aromatic nitrogens is 2. The van der Waals surface area contributed by atoms with Gasteiger partial charge in [-0.3, -0.25) is 29.7 Å². The van der Waals surface area contributed by atoms with Crippen molar-refractivity contribution in [2.45, 2.75) is 105 Å². The minimum Gasteiger partial charge on any atom is -0.494 e. The summed E-state index contributed by atoms with van der Waals surface area (Å²) in [6.45, 7) is 10.4. The summed E-state index contributed by atoms with van der Waals surface area (Å²) in [7, 11) is 0.